The number of carboxylic acids is 1. The van der Waals surface area contributed by atoms with Gasteiger partial charge in [0.25, 0.3) is 0 Å². The lowest BCUT2D eigenvalue weighted by Crippen LogP contribution is -2.10. The van der Waals surface area contributed by atoms with E-state index in [0.717, 1.165) is 10.9 Å². The molecular formula is C11H9NO3. The summed E-state index contributed by atoms with van der Waals surface area (Å²) in [6.45, 7) is 0. The second kappa shape index (κ2) is 3.67. The molecule has 1 aromatic heterocycles. The molecule has 0 spiro atoms. The number of aliphatic carboxylic acids is 1. The molecular weight excluding hydrogens is 194 g/mol. The molecule has 0 bridgehead atoms. The van der Waals surface area contributed by atoms with E-state index in [-0.39, 0.29) is 0 Å². The van der Waals surface area contributed by atoms with Crippen molar-refractivity contribution in [2.75, 3.05) is 0 Å². The first-order valence-corrected chi connectivity index (χ1v) is 4.44. The first-order chi connectivity index (χ1) is 7.18. The maximum absolute atomic E-state index is 10.6. The molecule has 2 N–H and O–H groups in total. The summed E-state index contributed by atoms with van der Waals surface area (Å²) in [4.78, 5) is 14.6. The Morgan fingerprint density at radius 1 is 1.33 bits per heavy atom. The van der Waals surface area contributed by atoms with E-state index >= 15 is 0 Å². The van der Waals surface area contributed by atoms with Crippen LogP contribution >= 0.6 is 0 Å². The van der Waals surface area contributed by atoms with Crippen LogP contribution in [0.2, 0.25) is 0 Å². The van der Waals surface area contributed by atoms with Crippen LogP contribution in [0.25, 0.3) is 10.9 Å². The molecule has 0 fully saturated rings. The number of pyridine rings is 1. The maximum Gasteiger partial charge on any atom is 0.337 e. The highest BCUT2D eigenvalue weighted by Gasteiger charge is 2.16. The van der Waals surface area contributed by atoms with Gasteiger partial charge in [-0.2, -0.15) is 0 Å². The molecule has 15 heavy (non-hydrogen) atoms. The van der Waals surface area contributed by atoms with Crippen molar-refractivity contribution in [2.24, 2.45) is 0 Å². The van der Waals surface area contributed by atoms with E-state index < -0.39 is 12.1 Å². The molecule has 0 saturated heterocycles. The second-order valence-corrected chi connectivity index (χ2v) is 3.20. The summed E-state index contributed by atoms with van der Waals surface area (Å²) in [6, 6.07) is 8.96. The molecule has 76 valence electrons. The summed E-state index contributed by atoms with van der Waals surface area (Å²) in [5.74, 6) is -1.27. The molecule has 0 unspecified atom stereocenters. The quantitative estimate of drug-likeness (QED) is 0.772. The van der Waals surface area contributed by atoms with Crippen LogP contribution in [0.1, 0.15) is 11.7 Å². The SMILES string of the molecule is O=C(O)[C@H](O)c1cnc2ccccc2c1. The number of carbonyl (C=O) groups is 1. The summed E-state index contributed by atoms with van der Waals surface area (Å²) < 4.78 is 0. The van der Waals surface area contributed by atoms with Gasteiger partial charge in [-0.3, -0.25) is 4.98 Å². The lowest BCUT2D eigenvalue weighted by molar-refractivity contribution is -0.146. The minimum absolute atomic E-state index is 0.293. The van der Waals surface area contributed by atoms with Gasteiger partial charge < -0.3 is 10.2 Å². The Balaban J connectivity index is 2.51. The van der Waals surface area contributed by atoms with Gasteiger partial charge in [0, 0.05) is 17.1 Å². The van der Waals surface area contributed by atoms with Crippen molar-refractivity contribution in [1.82, 2.24) is 4.98 Å². The summed E-state index contributed by atoms with van der Waals surface area (Å²) in [5, 5.41) is 18.8. The summed E-state index contributed by atoms with van der Waals surface area (Å²) >= 11 is 0. The first kappa shape index (κ1) is 9.61. The van der Waals surface area contributed by atoms with Gasteiger partial charge in [0.15, 0.2) is 6.10 Å². The number of hydrogen-bond acceptors (Lipinski definition) is 3. The van der Waals surface area contributed by atoms with Gasteiger partial charge in [0.05, 0.1) is 5.52 Å². The average Bonchev–Trinajstić information content (AvgIpc) is 2.27. The molecule has 0 aliphatic carbocycles. The van der Waals surface area contributed by atoms with Crippen LogP contribution in [0.15, 0.2) is 36.5 Å². The first-order valence-electron chi connectivity index (χ1n) is 4.44. The molecule has 1 atom stereocenters. The minimum atomic E-state index is -1.51. The number of rotatable bonds is 2. The van der Waals surface area contributed by atoms with Crippen molar-refractivity contribution in [3.63, 3.8) is 0 Å². The number of aliphatic hydroxyl groups excluding tert-OH is 1. The van der Waals surface area contributed by atoms with E-state index in [4.69, 9.17) is 5.11 Å². The van der Waals surface area contributed by atoms with Gasteiger partial charge in [-0.1, -0.05) is 18.2 Å². The standard InChI is InChI=1S/C11H9NO3/c13-10(11(14)15)8-5-7-3-1-2-4-9(7)12-6-8/h1-6,10,13H,(H,14,15)/t10-/m1/s1. The highest BCUT2D eigenvalue weighted by atomic mass is 16.4. The highest BCUT2D eigenvalue weighted by Crippen LogP contribution is 2.17. The van der Waals surface area contributed by atoms with Crippen molar-refractivity contribution in [3.8, 4) is 0 Å². The number of aromatic nitrogens is 1. The van der Waals surface area contributed by atoms with Gasteiger partial charge in [-0.05, 0) is 12.1 Å². The molecule has 4 heteroatoms. The molecule has 2 aromatic rings. The topological polar surface area (TPSA) is 70.4 Å². The van der Waals surface area contributed by atoms with Crippen molar-refractivity contribution >= 4 is 16.9 Å². The summed E-state index contributed by atoms with van der Waals surface area (Å²) in [5.41, 5.74) is 1.07. The molecule has 0 saturated carbocycles. The molecule has 1 heterocycles. The molecule has 0 aliphatic rings. The molecule has 0 aliphatic heterocycles. The zero-order valence-corrected chi connectivity index (χ0v) is 7.79. The van der Waals surface area contributed by atoms with Gasteiger partial charge >= 0.3 is 5.97 Å². The Labute approximate surface area is 85.8 Å². The fourth-order valence-electron chi connectivity index (χ4n) is 1.38. The van der Waals surface area contributed by atoms with E-state index in [1.54, 1.807) is 6.07 Å². The highest BCUT2D eigenvalue weighted by molar-refractivity contribution is 5.81. The van der Waals surface area contributed by atoms with E-state index in [2.05, 4.69) is 4.98 Å². The Hall–Kier alpha value is -1.94. The van der Waals surface area contributed by atoms with Crippen LogP contribution in [0, 0.1) is 0 Å². The number of nitrogens with zero attached hydrogens (tertiary/aromatic N) is 1. The number of benzene rings is 1. The van der Waals surface area contributed by atoms with E-state index in [0.29, 0.717) is 5.56 Å². The monoisotopic (exact) mass is 203 g/mol. The fourth-order valence-corrected chi connectivity index (χ4v) is 1.38. The Kier molecular flexibility index (Phi) is 2.35. The third kappa shape index (κ3) is 1.80. The number of para-hydroxylation sites is 1. The van der Waals surface area contributed by atoms with Crippen LogP contribution in [-0.4, -0.2) is 21.2 Å². The fraction of sp³-hybridized carbons (Fsp3) is 0.0909. The Morgan fingerprint density at radius 2 is 2.07 bits per heavy atom. The number of fused-ring (bicyclic) bond motifs is 1. The van der Waals surface area contributed by atoms with Gasteiger partial charge in [0.2, 0.25) is 0 Å². The zero-order chi connectivity index (χ0) is 10.8. The predicted molar refractivity (Wildman–Crippen MR) is 54.3 cm³/mol. The van der Waals surface area contributed by atoms with Crippen LogP contribution in [-0.2, 0) is 4.79 Å². The van der Waals surface area contributed by atoms with Crippen molar-refractivity contribution < 1.29 is 15.0 Å². The van der Waals surface area contributed by atoms with E-state index in [1.807, 2.05) is 24.3 Å². The lowest BCUT2D eigenvalue weighted by Gasteiger charge is -2.05. The summed E-state index contributed by atoms with van der Waals surface area (Å²) in [7, 11) is 0. The average molecular weight is 203 g/mol. The number of hydrogen-bond donors (Lipinski definition) is 2. The number of carboxylic acid groups (broad SMARTS) is 1. The van der Waals surface area contributed by atoms with E-state index in [9.17, 15) is 9.90 Å². The normalized spacial score (nSPS) is 12.6. The predicted octanol–water partition coefficient (Wildman–Crippen LogP) is 1.35. The number of aliphatic hydroxyl groups is 1. The third-order valence-corrected chi connectivity index (χ3v) is 2.16. The maximum atomic E-state index is 10.6. The van der Waals surface area contributed by atoms with Gasteiger partial charge in [0.1, 0.15) is 0 Å². The van der Waals surface area contributed by atoms with Crippen LogP contribution in [0.3, 0.4) is 0 Å². The molecule has 2 rings (SSSR count). The van der Waals surface area contributed by atoms with Crippen LogP contribution in [0.5, 0.6) is 0 Å². The Bertz CT molecular complexity index is 510. The van der Waals surface area contributed by atoms with Crippen molar-refractivity contribution in [3.05, 3.63) is 42.1 Å². The third-order valence-electron chi connectivity index (χ3n) is 2.16. The largest absolute Gasteiger partial charge is 0.479 e. The van der Waals surface area contributed by atoms with Gasteiger partial charge in [-0.15, -0.1) is 0 Å². The molecule has 0 amide bonds. The lowest BCUT2D eigenvalue weighted by atomic mass is 10.1. The van der Waals surface area contributed by atoms with Crippen molar-refractivity contribution in [1.29, 1.82) is 0 Å². The summed E-state index contributed by atoms with van der Waals surface area (Å²) in [6.07, 6.45) is -0.136. The molecule has 1 aromatic carbocycles. The minimum Gasteiger partial charge on any atom is -0.479 e. The van der Waals surface area contributed by atoms with Crippen LogP contribution in [0.4, 0.5) is 0 Å². The molecule has 0 radical (unpaired) electrons. The Morgan fingerprint density at radius 3 is 2.80 bits per heavy atom. The van der Waals surface area contributed by atoms with Crippen molar-refractivity contribution in [2.45, 2.75) is 6.10 Å². The second-order valence-electron chi connectivity index (χ2n) is 3.20. The zero-order valence-electron chi connectivity index (χ0n) is 7.79. The smallest absolute Gasteiger partial charge is 0.337 e. The van der Waals surface area contributed by atoms with E-state index in [1.165, 1.54) is 6.20 Å². The van der Waals surface area contributed by atoms with Gasteiger partial charge in [-0.25, -0.2) is 4.79 Å². The molecule has 4 nitrogen and oxygen atoms in total. The van der Waals surface area contributed by atoms with Crippen LogP contribution < -0.4 is 0 Å².